The summed E-state index contributed by atoms with van der Waals surface area (Å²) >= 11 is 0. The van der Waals surface area contributed by atoms with Crippen molar-refractivity contribution < 1.29 is 0 Å². The Hall–Kier alpha value is -0.120. The molecule has 0 aromatic carbocycles. The topological polar surface area (TPSA) is 32.5 Å². The van der Waals surface area contributed by atoms with E-state index < -0.39 is 0 Å². The van der Waals surface area contributed by atoms with Gasteiger partial charge in [0.05, 0.1) is 0 Å². The fourth-order valence-electron chi connectivity index (χ4n) is 3.62. The van der Waals surface area contributed by atoms with Gasteiger partial charge in [-0.05, 0) is 71.2 Å². The van der Waals surface area contributed by atoms with Gasteiger partial charge in [0, 0.05) is 12.1 Å². The van der Waals surface area contributed by atoms with E-state index in [9.17, 15) is 0 Å². The SMILES string of the molecule is CCCN1CCCC(CN)(N2CCCC2)CC1. The van der Waals surface area contributed by atoms with E-state index in [2.05, 4.69) is 16.7 Å². The molecule has 0 bridgehead atoms. The van der Waals surface area contributed by atoms with Crippen molar-refractivity contribution in [3.05, 3.63) is 0 Å². The maximum Gasteiger partial charge on any atom is 0.0344 e. The molecule has 1 unspecified atom stereocenters. The third-order valence-corrected chi connectivity index (χ3v) is 4.71. The summed E-state index contributed by atoms with van der Waals surface area (Å²) in [4.78, 5) is 5.33. The molecule has 17 heavy (non-hydrogen) atoms. The maximum atomic E-state index is 6.15. The number of hydrogen-bond donors (Lipinski definition) is 1. The van der Waals surface area contributed by atoms with Gasteiger partial charge >= 0.3 is 0 Å². The summed E-state index contributed by atoms with van der Waals surface area (Å²) in [7, 11) is 0. The summed E-state index contributed by atoms with van der Waals surface area (Å²) < 4.78 is 0. The van der Waals surface area contributed by atoms with Crippen molar-refractivity contribution in [3.8, 4) is 0 Å². The molecule has 2 rings (SSSR count). The Morgan fingerprint density at radius 2 is 1.76 bits per heavy atom. The third kappa shape index (κ3) is 3.01. The van der Waals surface area contributed by atoms with Crippen LogP contribution in [0, 0.1) is 0 Å². The van der Waals surface area contributed by atoms with Gasteiger partial charge in [-0.15, -0.1) is 0 Å². The average Bonchev–Trinajstić information content (AvgIpc) is 2.80. The Labute approximate surface area is 106 Å². The van der Waals surface area contributed by atoms with Crippen LogP contribution in [-0.4, -0.2) is 54.6 Å². The zero-order valence-corrected chi connectivity index (χ0v) is 11.5. The second kappa shape index (κ2) is 6.17. The molecule has 0 spiro atoms. The largest absolute Gasteiger partial charge is 0.329 e. The lowest BCUT2D eigenvalue weighted by Gasteiger charge is -2.40. The fourth-order valence-corrected chi connectivity index (χ4v) is 3.62. The van der Waals surface area contributed by atoms with Crippen molar-refractivity contribution >= 4 is 0 Å². The van der Waals surface area contributed by atoms with E-state index in [0.717, 1.165) is 6.54 Å². The molecule has 0 aromatic rings. The average molecular weight is 239 g/mol. The third-order valence-electron chi connectivity index (χ3n) is 4.71. The minimum Gasteiger partial charge on any atom is -0.329 e. The summed E-state index contributed by atoms with van der Waals surface area (Å²) in [6.07, 6.45) is 7.95. The first kappa shape index (κ1) is 13.3. The molecule has 0 aromatic heterocycles. The van der Waals surface area contributed by atoms with Crippen LogP contribution < -0.4 is 5.73 Å². The highest BCUT2D eigenvalue weighted by molar-refractivity contribution is 4.96. The van der Waals surface area contributed by atoms with Crippen molar-refractivity contribution in [1.29, 1.82) is 0 Å². The van der Waals surface area contributed by atoms with Gasteiger partial charge in [-0.2, -0.15) is 0 Å². The van der Waals surface area contributed by atoms with Gasteiger partial charge < -0.3 is 10.6 Å². The van der Waals surface area contributed by atoms with Gasteiger partial charge in [0.1, 0.15) is 0 Å². The Morgan fingerprint density at radius 1 is 1.00 bits per heavy atom. The molecule has 2 aliphatic rings. The number of nitrogens with zero attached hydrogens (tertiary/aromatic N) is 2. The summed E-state index contributed by atoms with van der Waals surface area (Å²) in [5, 5.41) is 0. The monoisotopic (exact) mass is 239 g/mol. The lowest BCUT2D eigenvalue weighted by molar-refractivity contribution is 0.105. The lowest BCUT2D eigenvalue weighted by Crippen LogP contribution is -2.53. The van der Waals surface area contributed by atoms with Crippen LogP contribution in [0.5, 0.6) is 0 Å². The van der Waals surface area contributed by atoms with Crippen LogP contribution in [0.15, 0.2) is 0 Å². The maximum absolute atomic E-state index is 6.15. The van der Waals surface area contributed by atoms with Gasteiger partial charge in [0.25, 0.3) is 0 Å². The molecule has 3 heteroatoms. The number of hydrogen-bond acceptors (Lipinski definition) is 3. The second-order valence-corrected chi connectivity index (χ2v) is 5.82. The molecular formula is C14H29N3. The predicted octanol–water partition coefficient (Wildman–Crippen LogP) is 1.68. The van der Waals surface area contributed by atoms with Gasteiger partial charge in [-0.3, -0.25) is 4.90 Å². The van der Waals surface area contributed by atoms with E-state index in [1.807, 2.05) is 0 Å². The van der Waals surface area contributed by atoms with Gasteiger partial charge in [0.15, 0.2) is 0 Å². The van der Waals surface area contributed by atoms with Crippen molar-refractivity contribution in [1.82, 2.24) is 9.80 Å². The fraction of sp³-hybridized carbons (Fsp3) is 1.00. The molecule has 2 fully saturated rings. The van der Waals surface area contributed by atoms with E-state index in [1.54, 1.807) is 0 Å². The molecule has 0 saturated carbocycles. The molecule has 3 nitrogen and oxygen atoms in total. The molecule has 2 N–H and O–H groups in total. The second-order valence-electron chi connectivity index (χ2n) is 5.82. The van der Waals surface area contributed by atoms with Crippen LogP contribution >= 0.6 is 0 Å². The summed E-state index contributed by atoms with van der Waals surface area (Å²) in [5.41, 5.74) is 6.48. The standard InChI is InChI=1S/C14H29N3/c1-2-8-16-9-5-6-14(13-15,7-12-16)17-10-3-4-11-17/h2-13,15H2,1H3. The normalized spacial score (nSPS) is 32.8. The Balaban J connectivity index is 1.97. The number of rotatable bonds is 4. The molecule has 0 amide bonds. The van der Waals surface area contributed by atoms with Gasteiger partial charge in [-0.1, -0.05) is 6.92 Å². The molecule has 0 aliphatic carbocycles. The molecule has 2 heterocycles. The van der Waals surface area contributed by atoms with Crippen LogP contribution in [0.1, 0.15) is 45.4 Å². The van der Waals surface area contributed by atoms with Gasteiger partial charge in [-0.25, -0.2) is 0 Å². The predicted molar refractivity (Wildman–Crippen MR) is 73.2 cm³/mol. The molecular weight excluding hydrogens is 210 g/mol. The van der Waals surface area contributed by atoms with E-state index >= 15 is 0 Å². The molecule has 100 valence electrons. The Bertz CT molecular complexity index is 226. The van der Waals surface area contributed by atoms with Crippen LogP contribution in [-0.2, 0) is 0 Å². The van der Waals surface area contributed by atoms with Crippen molar-refractivity contribution in [2.24, 2.45) is 5.73 Å². The smallest absolute Gasteiger partial charge is 0.0344 e. The van der Waals surface area contributed by atoms with E-state index in [-0.39, 0.29) is 0 Å². The first-order valence-electron chi connectivity index (χ1n) is 7.48. The van der Waals surface area contributed by atoms with E-state index in [1.165, 1.54) is 71.2 Å². The molecule has 2 saturated heterocycles. The highest BCUT2D eigenvalue weighted by Gasteiger charge is 2.37. The number of nitrogens with two attached hydrogens (primary N) is 1. The first-order chi connectivity index (χ1) is 8.30. The first-order valence-corrected chi connectivity index (χ1v) is 7.48. The van der Waals surface area contributed by atoms with Crippen LogP contribution in [0.2, 0.25) is 0 Å². The van der Waals surface area contributed by atoms with Crippen LogP contribution in [0.25, 0.3) is 0 Å². The van der Waals surface area contributed by atoms with Crippen LogP contribution in [0.3, 0.4) is 0 Å². The quantitative estimate of drug-likeness (QED) is 0.810. The van der Waals surface area contributed by atoms with Crippen LogP contribution in [0.4, 0.5) is 0 Å². The minimum atomic E-state index is 0.332. The summed E-state index contributed by atoms with van der Waals surface area (Å²) in [6, 6.07) is 0. The zero-order chi connectivity index (χ0) is 12.1. The van der Waals surface area contributed by atoms with Crippen molar-refractivity contribution in [2.45, 2.75) is 51.0 Å². The molecule has 1 atom stereocenters. The highest BCUT2D eigenvalue weighted by Crippen LogP contribution is 2.31. The zero-order valence-electron chi connectivity index (χ0n) is 11.5. The van der Waals surface area contributed by atoms with Crippen molar-refractivity contribution in [2.75, 3.05) is 39.3 Å². The Kier molecular flexibility index (Phi) is 4.83. The minimum absolute atomic E-state index is 0.332. The van der Waals surface area contributed by atoms with E-state index in [4.69, 9.17) is 5.73 Å². The number of likely N-dealkylation sites (tertiary alicyclic amines) is 2. The molecule has 0 radical (unpaired) electrons. The highest BCUT2D eigenvalue weighted by atomic mass is 15.2. The van der Waals surface area contributed by atoms with Gasteiger partial charge in [0.2, 0.25) is 0 Å². The van der Waals surface area contributed by atoms with Crippen molar-refractivity contribution in [3.63, 3.8) is 0 Å². The lowest BCUT2D eigenvalue weighted by atomic mass is 9.89. The Morgan fingerprint density at radius 3 is 2.41 bits per heavy atom. The molecule has 2 aliphatic heterocycles. The van der Waals surface area contributed by atoms with E-state index in [0.29, 0.717) is 5.54 Å². The summed E-state index contributed by atoms with van der Waals surface area (Å²) in [6.45, 7) is 9.50. The summed E-state index contributed by atoms with van der Waals surface area (Å²) in [5.74, 6) is 0.